The van der Waals surface area contributed by atoms with E-state index in [1.54, 1.807) is 23.5 Å². The van der Waals surface area contributed by atoms with Crippen molar-refractivity contribution in [3.05, 3.63) is 44.2 Å². The largest absolute Gasteiger partial charge is 0.508 e. The van der Waals surface area contributed by atoms with Gasteiger partial charge in [0.1, 0.15) is 10.8 Å². The number of carbonyl (C=O) groups is 1. The van der Waals surface area contributed by atoms with E-state index in [4.69, 9.17) is 4.74 Å². The van der Waals surface area contributed by atoms with Crippen LogP contribution < -0.4 is 5.32 Å². The van der Waals surface area contributed by atoms with Gasteiger partial charge in [0, 0.05) is 21.5 Å². The highest BCUT2D eigenvalue weighted by atomic mass is 79.9. The van der Waals surface area contributed by atoms with Gasteiger partial charge in [-0.3, -0.25) is 0 Å². The Morgan fingerprint density at radius 1 is 1.43 bits per heavy atom. The smallest absolute Gasteiger partial charge is 0.341 e. The molecule has 0 aliphatic heterocycles. The Morgan fingerprint density at radius 3 is 3.04 bits per heavy atom. The number of carbonyl (C=O) groups excluding carboxylic acids is 1. The quantitative estimate of drug-likeness (QED) is 0.731. The Balaban J connectivity index is 1.85. The Morgan fingerprint density at radius 2 is 2.26 bits per heavy atom. The number of hydrogen-bond donors (Lipinski definition) is 2. The molecular formula is C17H18BrNO3S. The highest BCUT2D eigenvalue weighted by molar-refractivity contribution is 9.10. The number of halogens is 1. The number of anilines is 1. The topological polar surface area (TPSA) is 58.6 Å². The molecule has 0 radical (unpaired) electrons. The fourth-order valence-electron chi connectivity index (χ4n) is 2.82. The zero-order chi connectivity index (χ0) is 16.4. The fraction of sp³-hybridized carbons (Fsp3) is 0.353. The van der Waals surface area contributed by atoms with E-state index in [1.807, 2.05) is 13.0 Å². The molecule has 2 aromatic rings. The first-order valence-corrected chi connectivity index (χ1v) is 9.24. The molecule has 2 N–H and O–H groups in total. The average Bonchev–Trinajstić information content (AvgIpc) is 3.08. The van der Waals surface area contributed by atoms with Crippen molar-refractivity contribution in [2.24, 2.45) is 0 Å². The van der Waals surface area contributed by atoms with Gasteiger partial charge in [-0.25, -0.2) is 4.79 Å². The number of phenols is 1. The number of ether oxygens (including phenoxy) is 1. The van der Waals surface area contributed by atoms with Crippen LogP contribution in [-0.4, -0.2) is 17.7 Å². The maximum atomic E-state index is 12.3. The zero-order valence-electron chi connectivity index (χ0n) is 12.8. The van der Waals surface area contributed by atoms with E-state index in [-0.39, 0.29) is 11.7 Å². The van der Waals surface area contributed by atoms with Gasteiger partial charge < -0.3 is 15.2 Å². The molecule has 23 heavy (non-hydrogen) atoms. The van der Waals surface area contributed by atoms with Crippen molar-refractivity contribution in [2.45, 2.75) is 32.7 Å². The van der Waals surface area contributed by atoms with Crippen LogP contribution in [0.1, 0.15) is 39.7 Å². The van der Waals surface area contributed by atoms with Gasteiger partial charge in [-0.05, 0) is 49.9 Å². The van der Waals surface area contributed by atoms with Gasteiger partial charge >= 0.3 is 5.97 Å². The first-order valence-electron chi connectivity index (χ1n) is 7.63. The zero-order valence-corrected chi connectivity index (χ0v) is 15.2. The molecule has 1 aromatic carbocycles. The maximum absolute atomic E-state index is 12.3. The Hall–Kier alpha value is -1.53. The number of rotatable bonds is 5. The van der Waals surface area contributed by atoms with Crippen LogP contribution in [0.5, 0.6) is 5.75 Å². The SMILES string of the molecule is CCOC(=O)c1c(NCc2cc(Br)ccc2O)sc2c1CCC2. The summed E-state index contributed by atoms with van der Waals surface area (Å²) >= 11 is 5.03. The van der Waals surface area contributed by atoms with Gasteiger partial charge in [0.05, 0.1) is 12.2 Å². The minimum Gasteiger partial charge on any atom is -0.508 e. The van der Waals surface area contributed by atoms with E-state index in [0.29, 0.717) is 18.7 Å². The number of aryl methyl sites for hydroxylation is 1. The van der Waals surface area contributed by atoms with Gasteiger partial charge in [0.2, 0.25) is 0 Å². The van der Waals surface area contributed by atoms with Crippen molar-refractivity contribution in [3.8, 4) is 5.75 Å². The number of hydrogen-bond acceptors (Lipinski definition) is 5. The third-order valence-electron chi connectivity index (χ3n) is 3.88. The minimum absolute atomic E-state index is 0.238. The lowest BCUT2D eigenvalue weighted by Crippen LogP contribution is -2.09. The predicted molar refractivity (Wildman–Crippen MR) is 95.4 cm³/mol. The molecule has 0 unspecified atom stereocenters. The molecule has 3 rings (SSSR count). The summed E-state index contributed by atoms with van der Waals surface area (Å²) in [4.78, 5) is 13.6. The molecule has 0 bridgehead atoms. The molecule has 1 aromatic heterocycles. The van der Waals surface area contributed by atoms with Crippen molar-refractivity contribution in [1.29, 1.82) is 0 Å². The summed E-state index contributed by atoms with van der Waals surface area (Å²) < 4.78 is 6.13. The second-order valence-electron chi connectivity index (χ2n) is 5.41. The molecule has 6 heteroatoms. The van der Waals surface area contributed by atoms with E-state index in [2.05, 4.69) is 21.2 Å². The van der Waals surface area contributed by atoms with Crippen LogP contribution in [0.3, 0.4) is 0 Å². The highest BCUT2D eigenvalue weighted by Gasteiger charge is 2.27. The second-order valence-corrected chi connectivity index (χ2v) is 7.43. The molecule has 0 amide bonds. The third-order valence-corrected chi connectivity index (χ3v) is 5.62. The van der Waals surface area contributed by atoms with Crippen LogP contribution in [0.2, 0.25) is 0 Å². The van der Waals surface area contributed by atoms with E-state index < -0.39 is 0 Å². The van der Waals surface area contributed by atoms with Crippen molar-refractivity contribution >= 4 is 38.2 Å². The van der Waals surface area contributed by atoms with Crippen LogP contribution in [0, 0.1) is 0 Å². The lowest BCUT2D eigenvalue weighted by atomic mass is 10.1. The van der Waals surface area contributed by atoms with Crippen molar-refractivity contribution in [2.75, 3.05) is 11.9 Å². The standard InChI is InChI=1S/C17H18BrNO3S/c1-2-22-17(21)15-12-4-3-5-14(12)23-16(15)19-9-10-8-11(18)6-7-13(10)20/h6-8,19-20H,2-5,9H2,1H3. The van der Waals surface area contributed by atoms with Gasteiger partial charge in [-0.2, -0.15) is 0 Å². The normalized spacial score (nSPS) is 13.0. The van der Waals surface area contributed by atoms with Crippen molar-refractivity contribution < 1.29 is 14.6 Å². The molecule has 0 spiro atoms. The van der Waals surface area contributed by atoms with Gasteiger partial charge in [-0.1, -0.05) is 15.9 Å². The lowest BCUT2D eigenvalue weighted by molar-refractivity contribution is 0.0527. The van der Waals surface area contributed by atoms with E-state index >= 15 is 0 Å². The molecule has 4 nitrogen and oxygen atoms in total. The molecule has 122 valence electrons. The van der Waals surface area contributed by atoms with E-state index in [1.165, 1.54) is 4.88 Å². The summed E-state index contributed by atoms with van der Waals surface area (Å²) in [6.07, 6.45) is 3.06. The molecule has 1 heterocycles. The third kappa shape index (κ3) is 3.38. The molecule has 0 atom stereocenters. The highest BCUT2D eigenvalue weighted by Crippen LogP contribution is 2.40. The fourth-order valence-corrected chi connectivity index (χ4v) is 4.50. The van der Waals surface area contributed by atoms with Crippen LogP contribution >= 0.6 is 27.3 Å². The Bertz CT molecular complexity index is 742. The molecule has 0 fully saturated rings. The number of aromatic hydroxyl groups is 1. The van der Waals surface area contributed by atoms with Crippen LogP contribution in [0.15, 0.2) is 22.7 Å². The van der Waals surface area contributed by atoms with E-state index in [0.717, 1.165) is 39.9 Å². The van der Waals surface area contributed by atoms with Gasteiger partial charge in [0.15, 0.2) is 0 Å². The van der Waals surface area contributed by atoms with E-state index in [9.17, 15) is 9.90 Å². The Labute approximate surface area is 147 Å². The first kappa shape index (κ1) is 16.3. The number of phenolic OH excluding ortho intramolecular Hbond substituents is 1. The monoisotopic (exact) mass is 395 g/mol. The van der Waals surface area contributed by atoms with Crippen molar-refractivity contribution in [1.82, 2.24) is 0 Å². The number of nitrogens with one attached hydrogen (secondary N) is 1. The second kappa shape index (κ2) is 6.93. The van der Waals surface area contributed by atoms with Crippen LogP contribution in [-0.2, 0) is 24.1 Å². The maximum Gasteiger partial charge on any atom is 0.341 e. The first-order chi connectivity index (χ1) is 11.1. The van der Waals surface area contributed by atoms with Crippen LogP contribution in [0.4, 0.5) is 5.00 Å². The summed E-state index contributed by atoms with van der Waals surface area (Å²) in [7, 11) is 0. The summed E-state index contributed by atoms with van der Waals surface area (Å²) in [6, 6.07) is 5.32. The van der Waals surface area contributed by atoms with Crippen molar-refractivity contribution in [3.63, 3.8) is 0 Å². The summed E-state index contributed by atoms with van der Waals surface area (Å²) in [5.41, 5.74) is 2.59. The van der Waals surface area contributed by atoms with Gasteiger partial charge in [0.25, 0.3) is 0 Å². The van der Waals surface area contributed by atoms with Gasteiger partial charge in [-0.15, -0.1) is 11.3 Å². The van der Waals surface area contributed by atoms with Crippen LogP contribution in [0.25, 0.3) is 0 Å². The molecular weight excluding hydrogens is 378 g/mol. The number of fused-ring (bicyclic) bond motifs is 1. The average molecular weight is 396 g/mol. The summed E-state index contributed by atoms with van der Waals surface area (Å²) in [6.45, 7) is 2.64. The number of esters is 1. The summed E-state index contributed by atoms with van der Waals surface area (Å²) in [5, 5.41) is 14.1. The molecule has 0 saturated carbocycles. The number of benzene rings is 1. The minimum atomic E-state index is -0.257. The summed E-state index contributed by atoms with van der Waals surface area (Å²) in [5.74, 6) is -0.0182. The number of thiophene rings is 1. The lowest BCUT2D eigenvalue weighted by Gasteiger charge is -2.10. The molecule has 1 aliphatic rings. The molecule has 1 aliphatic carbocycles. The molecule has 0 saturated heterocycles. The Kier molecular flexibility index (Phi) is 4.92. The predicted octanol–water partition coefficient (Wildman–Crippen LogP) is 4.49.